The Morgan fingerprint density at radius 2 is 0.622 bits per heavy atom. The van der Waals surface area contributed by atoms with E-state index in [1.807, 2.05) is 13.8 Å². The molecule has 0 bridgehead atoms. The van der Waals surface area contributed by atoms with Crippen molar-refractivity contribution in [3.63, 3.8) is 0 Å². The van der Waals surface area contributed by atoms with Crippen molar-refractivity contribution in [1.82, 2.24) is 0 Å². The number of methoxy groups -OCH3 is 2. The molecule has 0 saturated heterocycles. The Morgan fingerprint density at radius 1 is 0.378 bits per heavy atom. The summed E-state index contributed by atoms with van der Waals surface area (Å²) in [4.78, 5) is 10.3. The topological polar surface area (TPSA) is 199 Å². The number of ether oxygens (including phenoxy) is 8. The van der Waals surface area contributed by atoms with Crippen molar-refractivity contribution in [2.24, 2.45) is 0 Å². The number of carbonyl (C=O) groups is 1. The van der Waals surface area contributed by atoms with Crippen molar-refractivity contribution < 1.29 is 109 Å². The fourth-order valence-electron chi connectivity index (χ4n) is 6.90. The first-order valence-corrected chi connectivity index (χ1v) is 33.7. The molecular weight excluding hydrogens is 1150 g/mol. The molecule has 0 aliphatic rings. The molecule has 0 amide bonds. The van der Waals surface area contributed by atoms with Gasteiger partial charge in [0.05, 0.1) is 273 Å². The molecule has 1 unspecified atom stereocenters. The first kappa shape index (κ1) is 105. The van der Waals surface area contributed by atoms with Crippen LogP contribution in [0.1, 0.15) is 68.7 Å². The number of carbonyl (C=O) groups excluding carboxylic acids is 1. The second-order valence-electron chi connectivity index (χ2n) is 30.7. The van der Waals surface area contributed by atoms with Crippen LogP contribution in [0.25, 0.3) is 0 Å². The number of likely N-dealkylation sites (N-methyl/N-ethyl adjacent to an activating group) is 9. The number of nitrogens with zero attached hydrogens (tertiary/aromatic N) is 9. The van der Waals surface area contributed by atoms with Crippen molar-refractivity contribution in [1.29, 1.82) is 0 Å². The van der Waals surface area contributed by atoms with Gasteiger partial charge in [-0.3, -0.25) is 4.79 Å². The number of hydrogen-bond acceptors (Lipinski definition) is 13. The monoisotopic (exact) mass is 1320 g/mol. The normalized spacial score (nSPS) is 12.7. The van der Waals surface area contributed by atoms with E-state index in [2.05, 4.69) is 195 Å². The van der Waals surface area contributed by atoms with Gasteiger partial charge in [0.25, 0.3) is 0 Å². The van der Waals surface area contributed by atoms with Gasteiger partial charge in [0, 0.05) is 27.6 Å². The Kier molecular flexibility index (Phi) is 69.9. The van der Waals surface area contributed by atoms with Gasteiger partial charge in [-0.05, 0) is 48.5 Å². The minimum atomic E-state index is -0.514. The summed E-state index contributed by atoms with van der Waals surface area (Å²) in [7, 11) is 47.9. The van der Waals surface area contributed by atoms with E-state index in [4.69, 9.17) is 58.3 Å². The van der Waals surface area contributed by atoms with Crippen LogP contribution in [-0.2, 0) is 42.7 Å². The van der Waals surface area contributed by atoms with E-state index < -0.39 is 5.54 Å². The van der Waals surface area contributed by atoms with E-state index in [0.717, 1.165) is 152 Å². The van der Waals surface area contributed by atoms with Crippen LogP contribution < -0.4 is 5.73 Å². The lowest BCUT2D eigenvalue weighted by molar-refractivity contribution is -0.923. The Balaban J connectivity index is -0.000000147. The van der Waals surface area contributed by atoms with Gasteiger partial charge in [-0.25, -0.2) is 0 Å². The Morgan fingerprint density at radius 3 is 0.767 bits per heavy atom. The van der Waals surface area contributed by atoms with Crippen LogP contribution in [0.3, 0.4) is 0 Å². The van der Waals surface area contributed by atoms with Gasteiger partial charge < -0.3 is 104 Å². The Bertz CT molecular complexity index is 1410. The summed E-state index contributed by atoms with van der Waals surface area (Å²) in [5.74, 6) is -0.201. The molecule has 0 aromatic heterocycles. The van der Waals surface area contributed by atoms with Crippen LogP contribution in [0.5, 0.6) is 0 Å². The maximum absolute atomic E-state index is 10.3. The summed E-state index contributed by atoms with van der Waals surface area (Å²) in [6.07, 6.45) is 0.523. The average molecular weight is 1320 g/mol. The largest absolute Gasteiger partial charge is 0.460 e. The maximum atomic E-state index is 10.3. The van der Waals surface area contributed by atoms with Crippen LogP contribution in [-0.4, -0.2) is 444 Å². The summed E-state index contributed by atoms with van der Waals surface area (Å²) < 4.78 is 51.0. The third-order valence-corrected chi connectivity index (χ3v) is 14.4. The quantitative estimate of drug-likeness (QED) is 0.0339. The second-order valence-corrected chi connectivity index (χ2v) is 30.7. The highest BCUT2D eigenvalue weighted by Gasteiger charge is 2.24. The van der Waals surface area contributed by atoms with Crippen LogP contribution in [0.2, 0.25) is 0 Å². The van der Waals surface area contributed by atoms with Gasteiger partial charge in [-0.2, -0.15) is 0 Å². The minimum Gasteiger partial charge on any atom is -0.460 e. The predicted octanol–water partition coefficient (Wildman–Crippen LogP) is 2.27. The highest BCUT2D eigenvalue weighted by Crippen LogP contribution is 2.07. The van der Waals surface area contributed by atoms with Crippen molar-refractivity contribution in [2.75, 3.05) is 366 Å². The Hall–Kier alpha value is -1.37. The van der Waals surface area contributed by atoms with Crippen molar-refractivity contribution >= 4 is 5.97 Å². The molecule has 23 nitrogen and oxygen atoms in total. The lowest BCUT2D eigenvalue weighted by Crippen LogP contribution is -2.76. The molecular formula is C67H168N10O13+10. The van der Waals surface area contributed by atoms with Crippen LogP contribution in [0.15, 0.2) is 0 Å². The molecule has 0 rings (SSSR count). The van der Waals surface area contributed by atoms with Crippen molar-refractivity contribution in [3.8, 4) is 0 Å². The van der Waals surface area contributed by atoms with Crippen LogP contribution >= 0.6 is 0 Å². The highest BCUT2D eigenvalue weighted by molar-refractivity contribution is 5.65. The van der Waals surface area contributed by atoms with Crippen LogP contribution in [0, 0.1) is 0 Å². The first-order chi connectivity index (χ1) is 41.0. The minimum absolute atomic E-state index is 0.0417. The number of rotatable bonds is 43. The molecule has 0 heterocycles. The van der Waals surface area contributed by atoms with E-state index in [1.54, 1.807) is 14.2 Å². The van der Waals surface area contributed by atoms with Gasteiger partial charge in [0.15, 0.2) is 0 Å². The van der Waals surface area contributed by atoms with Gasteiger partial charge in [-0.15, -0.1) is 0 Å². The summed E-state index contributed by atoms with van der Waals surface area (Å²) >= 11 is 0. The van der Waals surface area contributed by atoms with Gasteiger partial charge in [0.1, 0.15) is 90.4 Å². The summed E-state index contributed by atoms with van der Waals surface area (Å²) in [6, 6.07) is 0. The zero-order valence-electron chi connectivity index (χ0n) is 66.4. The standard InChI is InChI=1S/C18H42N2O2.C12H30N2O2.C8H20NO2.C7H16NO2.2C6H16NO.C5H13NO2.C5H14NO/c1-7-19(8-2,9-3)13-15-21-17-18-22-16-14-20(10-4,11-5)12-6;1-13(2,3)7-9-15-11-12-16-10-8-14(4,5)6;1-9(2,3)5-6-11-8-7-10-4;1-7(9)10-6-5-8(2,3)4;1-7(2,3)5-6-8-4;1-6(8)5-7(2,3)4;1-2-5(6,3-7)4-8;1-6(2,3)4-5-7/h7-18H2,1-6H3;7-12H2,1-6H3;5-8H2,1-4H3;5-6H2,1-4H3;5-6H2,1-4H3;6,8H,5H2,1-4H3;7-8H,2-4,6H2,1H3;7H,4-5H2,1-3H3/q2*+2;4*+1;;+1/p+1. The van der Waals surface area contributed by atoms with E-state index in [-0.39, 0.29) is 31.9 Å². The molecule has 90 heavy (non-hydrogen) atoms. The molecule has 0 radical (unpaired) electrons. The number of esters is 1. The van der Waals surface area contributed by atoms with E-state index in [9.17, 15) is 4.79 Å². The molecule has 23 heteroatoms. The van der Waals surface area contributed by atoms with Crippen LogP contribution in [0.4, 0.5) is 0 Å². The number of quaternary nitrogens is 10. The number of aliphatic hydroxyl groups excluding tert-OH is 4. The maximum Gasteiger partial charge on any atom is 0.302 e. The van der Waals surface area contributed by atoms with Gasteiger partial charge in [0.2, 0.25) is 0 Å². The first-order valence-electron chi connectivity index (χ1n) is 33.7. The fourth-order valence-corrected chi connectivity index (χ4v) is 6.90. The zero-order chi connectivity index (χ0) is 72.4. The molecule has 0 aromatic rings. The summed E-state index contributed by atoms with van der Waals surface area (Å²) in [6.45, 7) is 44.8. The molecule has 7 N–H and O–H groups in total. The average Bonchev–Trinajstić information content (AvgIpc) is 3.62. The molecule has 1 atom stereocenters. The van der Waals surface area contributed by atoms with E-state index >= 15 is 0 Å². The second kappa shape index (κ2) is 60.1. The molecule has 0 aliphatic carbocycles. The third kappa shape index (κ3) is 97.7. The number of aliphatic hydroxyl groups is 4. The lowest BCUT2D eigenvalue weighted by Gasteiger charge is -2.35. The van der Waals surface area contributed by atoms with E-state index in [1.165, 1.54) is 46.2 Å². The lowest BCUT2D eigenvalue weighted by atomic mass is 10.0. The SMILES string of the molecule is CC(=O)OCC[N+](C)(C)C.CC(O)C[N+](C)(C)C.CCC([NH3+])(CO)CO.CC[N+](CC)(CC)CCOCCOCC[N+](CC)(CC)CC.COCCOCC[N+](C)(C)C.COCC[N+](C)(C)C.C[N+](C)(C)CCO.C[N+](C)(C)CCOCCOCC[N+](C)(C)C. The van der Waals surface area contributed by atoms with Gasteiger partial charge in [-0.1, -0.05) is 6.92 Å². The zero-order valence-corrected chi connectivity index (χ0v) is 66.4. The third-order valence-electron chi connectivity index (χ3n) is 14.4. The predicted molar refractivity (Wildman–Crippen MR) is 377 cm³/mol. The molecule has 0 fully saturated rings. The molecule has 0 spiro atoms. The van der Waals surface area contributed by atoms with Crippen molar-refractivity contribution in [2.45, 2.75) is 80.4 Å². The highest BCUT2D eigenvalue weighted by atomic mass is 16.5. The molecule has 0 saturated carbocycles. The smallest absolute Gasteiger partial charge is 0.302 e. The molecule has 0 aromatic carbocycles. The van der Waals surface area contributed by atoms with Gasteiger partial charge >= 0.3 is 5.97 Å². The summed E-state index contributed by atoms with van der Waals surface area (Å²) in [5, 5.41) is 34.4. The Labute approximate surface area is 559 Å². The molecule has 0 aliphatic heterocycles. The number of hydrogen-bond donors (Lipinski definition) is 5. The fraction of sp³-hybridized carbons (Fsp3) is 0.985. The summed E-state index contributed by atoms with van der Waals surface area (Å²) in [5.41, 5.74) is 3.11. The van der Waals surface area contributed by atoms with Crippen molar-refractivity contribution in [3.05, 3.63) is 0 Å². The van der Waals surface area contributed by atoms with E-state index in [0.29, 0.717) is 39.5 Å². The molecule has 554 valence electrons.